The molecule has 1 amide bonds. The molecule has 0 radical (unpaired) electrons. The lowest BCUT2D eigenvalue weighted by Gasteiger charge is -2.13. The highest BCUT2D eigenvalue weighted by Crippen LogP contribution is 2.52. The molecule has 2 N–H and O–H groups in total. The maximum absolute atomic E-state index is 12.4. The van der Waals surface area contributed by atoms with Crippen molar-refractivity contribution in [2.75, 3.05) is 5.32 Å². The predicted octanol–water partition coefficient (Wildman–Crippen LogP) is 6.90. The minimum Gasteiger partial charge on any atom is -0.481 e. The molecule has 1 atom stereocenters. The van der Waals surface area contributed by atoms with E-state index in [1.54, 1.807) is 6.92 Å². The Kier molecular flexibility index (Phi) is 6.08. The summed E-state index contributed by atoms with van der Waals surface area (Å²) in [5.74, 6) is 5.39. The molecule has 10 heteroatoms. The fourth-order valence-electron chi connectivity index (χ4n) is 3.49. The number of thiophene rings is 2. The number of ether oxygens (including phenoxy) is 1. The average molecular weight is 529 g/mol. The summed E-state index contributed by atoms with van der Waals surface area (Å²) in [4.78, 5) is 26.3. The first-order valence-electron chi connectivity index (χ1n) is 10.3. The van der Waals surface area contributed by atoms with Gasteiger partial charge in [0, 0.05) is 10.3 Å². The molecule has 0 saturated heterocycles. The molecule has 1 aliphatic carbocycles. The SMILES string of the molecule is CC(OC(=O)Nc1c(Cl)nsc1C#Cc1cc2cc(C3(C(=O)O)CC3)sc2s1)c1ccccc1. The first-order valence-corrected chi connectivity index (χ1v) is 13.1. The van der Waals surface area contributed by atoms with Gasteiger partial charge in [-0.3, -0.25) is 10.1 Å². The number of rotatable bonds is 5. The third-order valence-electron chi connectivity index (χ3n) is 5.57. The zero-order chi connectivity index (χ0) is 23.9. The molecule has 0 aliphatic heterocycles. The summed E-state index contributed by atoms with van der Waals surface area (Å²) < 4.78 is 10.6. The maximum Gasteiger partial charge on any atom is 0.412 e. The molecule has 3 heterocycles. The van der Waals surface area contributed by atoms with Crippen LogP contribution in [0.4, 0.5) is 10.5 Å². The van der Waals surface area contributed by atoms with Gasteiger partial charge in [0.05, 0.1) is 8.89 Å². The molecule has 1 aromatic carbocycles. The number of carboxylic acid groups (broad SMARTS) is 1. The van der Waals surface area contributed by atoms with Crippen LogP contribution in [0.5, 0.6) is 0 Å². The highest BCUT2D eigenvalue weighted by Gasteiger charge is 2.53. The van der Waals surface area contributed by atoms with Gasteiger partial charge < -0.3 is 9.84 Å². The van der Waals surface area contributed by atoms with Gasteiger partial charge >= 0.3 is 12.1 Å². The molecule has 6 nitrogen and oxygen atoms in total. The molecule has 1 aliphatic rings. The lowest BCUT2D eigenvalue weighted by Crippen LogP contribution is -2.17. The van der Waals surface area contributed by atoms with Crippen molar-refractivity contribution in [2.45, 2.75) is 31.3 Å². The van der Waals surface area contributed by atoms with E-state index in [4.69, 9.17) is 16.3 Å². The molecule has 172 valence electrons. The number of carbonyl (C=O) groups excluding carboxylic acids is 1. The highest BCUT2D eigenvalue weighted by atomic mass is 35.5. The third kappa shape index (κ3) is 4.42. The Bertz CT molecular complexity index is 1430. The normalized spacial score (nSPS) is 14.8. The molecule has 5 rings (SSSR count). The standard InChI is InChI=1S/C24H17ClN2O4S3/c1-13(14-5-3-2-4-6-14)31-23(30)26-19-17(34-27-20(19)25)8-7-16-11-15-12-18(33-21(15)32-16)24(9-10-24)22(28)29/h2-6,11-13H,9-10H2,1H3,(H,26,30)(H,28,29). The van der Waals surface area contributed by atoms with Crippen LogP contribution >= 0.6 is 45.8 Å². The van der Waals surface area contributed by atoms with Gasteiger partial charge in [-0.2, -0.15) is 4.37 Å². The number of halogens is 1. The van der Waals surface area contributed by atoms with Gasteiger partial charge in [0.2, 0.25) is 0 Å². The second-order valence-corrected chi connectivity index (χ2v) is 11.4. The molecular formula is C24H17ClN2O4S3. The minimum atomic E-state index is -0.750. The molecule has 0 spiro atoms. The summed E-state index contributed by atoms with van der Waals surface area (Å²) >= 11 is 10.3. The van der Waals surface area contributed by atoms with Crippen LogP contribution in [0.3, 0.4) is 0 Å². The van der Waals surface area contributed by atoms with E-state index in [-0.39, 0.29) is 5.15 Å². The topological polar surface area (TPSA) is 88.5 Å². The van der Waals surface area contributed by atoms with Crippen molar-refractivity contribution < 1.29 is 19.4 Å². The number of carboxylic acids is 1. The monoisotopic (exact) mass is 528 g/mol. The number of aromatic nitrogens is 1. The second kappa shape index (κ2) is 9.04. The molecular weight excluding hydrogens is 512 g/mol. The number of fused-ring (bicyclic) bond motifs is 1. The van der Waals surface area contributed by atoms with Gasteiger partial charge in [0.15, 0.2) is 5.15 Å². The number of benzene rings is 1. The van der Waals surface area contributed by atoms with E-state index in [2.05, 4.69) is 21.5 Å². The van der Waals surface area contributed by atoms with Gasteiger partial charge in [-0.25, -0.2) is 4.79 Å². The van der Waals surface area contributed by atoms with E-state index in [1.165, 1.54) is 22.7 Å². The quantitative estimate of drug-likeness (QED) is 0.275. The van der Waals surface area contributed by atoms with Crippen LogP contribution in [0.15, 0.2) is 42.5 Å². The molecule has 1 unspecified atom stereocenters. The van der Waals surface area contributed by atoms with Crippen molar-refractivity contribution in [3.05, 3.63) is 67.8 Å². The number of amides is 1. The van der Waals surface area contributed by atoms with Crippen LogP contribution in [0.1, 0.15) is 46.1 Å². The number of anilines is 1. The lowest BCUT2D eigenvalue weighted by atomic mass is 10.1. The minimum absolute atomic E-state index is 0.152. The van der Waals surface area contributed by atoms with Crippen molar-refractivity contribution >= 4 is 73.0 Å². The summed E-state index contributed by atoms with van der Waals surface area (Å²) in [5.41, 5.74) is 0.508. The Hall–Kier alpha value is -2.90. The predicted molar refractivity (Wildman–Crippen MR) is 136 cm³/mol. The van der Waals surface area contributed by atoms with Crippen molar-refractivity contribution in [1.29, 1.82) is 0 Å². The molecule has 1 fully saturated rings. The number of nitrogens with one attached hydrogen (secondary N) is 1. The van der Waals surface area contributed by atoms with Crippen LogP contribution in [0.2, 0.25) is 5.15 Å². The van der Waals surface area contributed by atoms with E-state index >= 15 is 0 Å². The third-order valence-corrected chi connectivity index (χ3v) is 9.22. The highest BCUT2D eigenvalue weighted by molar-refractivity contribution is 7.38. The van der Waals surface area contributed by atoms with E-state index in [0.29, 0.717) is 23.4 Å². The van der Waals surface area contributed by atoms with Gasteiger partial charge in [-0.15, -0.1) is 22.7 Å². The van der Waals surface area contributed by atoms with E-state index in [9.17, 15) is 14.7 Å². The summed E-state index contributed by atoms with van der Waals surface area (Å²) in [5, 5.41) is 13.3. The first kappa shape index (κ1) is 22.9. The van der Waals surface area contributed by atoms with Crippen molar-refractivity contribution in [3.63, 3.8) is 0 Å². The van der Waals surface area contributed by atoms with Gasteiger partial charge in [-0.1, -0.05) is 41.9 Å². The van der Waals surface area contributed by atoms with Gasteiger partial charge in [-0.05, 0) is 60.8 Å². The van der Waals surface area contributed by atoms with Crippen LogP contribution in [-0.2, 0) is 14.9 Å². The molecule has 4 aromatic rings. The fourth-order valence-corrected chi connectivity index (χ4v) is 6.93. The molecule has 0 bridgehead atoms. The first-order chi connectivity index (χ1) is 16.4. The fraction of sp³-hybridized carbons (Fsp3) is 0.208. The Morgan fingerprint density at radius 1 is 1.21 bits per heavy atom. The second-order valence-electron chi connectivity index (χ2n) is 7.86. The van der Waals surface area contributed by atoms with Gasteiger partial charge in [0.1, 0.15) is 22.1 Å². The number of nitrogens with zero attached hydrogens (tertiary/aromatic N) is 1. The summed E-state index contributed by atoms with van der Waals surface area (Å²) in [7, 11) is 0. The zero-order valence-electron chi connectivity index (χ0n) is 17.8. The Labute approximate surface area is 212 Å². The molecule has 34 heavy (non-hydrogen) atoms. The number of aliphatic carboxylic acids is 1. The van der Waals surface area contributed by atoms with Crippen LogP contribution in [-0.4, -0.2) is 21.5 Å². The molecule has 1 saturated carbocycles. The summed E-state index contributed by atoms with van der Waals surface area (Å²) in [6.45, 7) is 1.79. The summed E-state index contributed by atoms with van der Waals surface area (Å²) in [6, 6.07) is 13.3. The van der Waals surface area contributed by atoms with Crippen LogP contribution in [0, 0.1) is 11.8 Å². The van der Waals surface area contributed by atoms with Gasteiger partial charge in [0.25, 0.3) is 0 Å². The number of carbonyl (C=O) groups is 2. The van der Waals surface area contributed by atoms with Crippen LogP contribution in [0.25, 0.3) is 9.40 Å². The largest absolute Gasteiger partial charge is 0.481 e. The Morgan fingerprint density at radius 2 is 1.97 bits per heavy atom. The Balaban J connectivity index is 1.30. The number of hydrogen-bond donors (Lipinski definition) is 2. The zero-order valence-corrected chi connectivity index (χ0v) is 21.0. The van der Waals surface area contributed by atoms with E-state index < -0.39 is 23.6 Å². The smallest absolute Gasteiger partial charge is 0.412 e. The Morgan fingerprint density at radius 3 is 2.65 bits per heavy atom. The van der Waals surface area contributed by atoms with Crippen molar-refractivity contribution in [2.24, 2.45) is 0 Å². The lowest BCUT2D eigenvalue weighted by molar-refractivity contribution is -0.139. The average Bonchev–Trinajstić information content (AvgIpc) is 3.26. The van der Waals surface area contributed by atoms with E-state index in [1.807, 2.05) is 42.5 Å². The van der Waals surface area contributed by atoms with Crippen molar-refractivity contribution in [3.8, 4) is 11.8 Å². The molecule has 3 aromatic heterocycles. The van der Waals surface area contributed by atoms with E-state index in [0.717, 1.165) is 36.3 Å². The maximum atomic E-state index is 12.4. The van der Waals surface area contributed by atoms with Crippen molar-refractivity contribution in [1.82, 2.24) is 4.37 Å². The number of hydrogen-bond acceptors (Lipinski definition) is 7. The van der Waals surface area contributed by atoms with Crippen LogP contribution < -0.4 is 5.32 Å². The summed E-state index contributed by atoms with van der Waals surface area (Å²) in [6.07, 6.45) is 0.313.